The molecule has 0 spiro atoms. The van der Waals surface area contributed by atoms with Crippen molar-refractivity contribution in [1.82, 2.24) is 30.1 Å². The summed E-state index contributed by atoms with van der Waals surface area (Å²) >= 11 is 0. The normalized spacial score (nSPS) is 15.6. The summed E-state index contributed by atoms with van der Waals surface area (Å²) in [7, 11) is 0. The monoisotopic (exact) mass is 504 g/mol. The molecule has 1 atom stereocenters. The summed E-state index contributed by atoms with van der Waals surface area (Å²) in [5, 5.41) is 13.8. The van der Waals surface area contributed by atoms with Gasteiger partial charge in [-0.1, -0.05) is 33.1 Å². The van der Waals surface area contributed by atoms with Crippen LogP contribution in [-0.2, 0) is 13.1 Å². The maximum Gasteiger partial charge on any atom is 0.252 e. The van der Waals surface area contributed by atoms with E-state index in [1.807, 2.05) is 48.0 Å². The summed E-state index contributed by atoms with van der Waals surface area (Å²) in [5.41, 5.74) is 1.49. The van der Waals surface area contributed by atoms with Gasteiger partial charge in [0.2, 0.25) is 0 Å². The zero-order chi connectivity index (χ0) is 25.8. The van der Waals surface area contributed by atoms with Crippen LogP contribution >= 0.6 is 0 Å². The fourth-order valence-corrected chi connectivity index (χ4v) is 5.58. The number of H-pyrrole nitrogens is 1. The van der Waals surface area contributed by atoms with Crippen LogP contribution in [0.4, 0.5) is 0 Å². The number of benzene rings is 1. The molecular weight excluding hydrogens is 468 g/mol. The third kappa shape index (κ3) is 5.61. The number of tetrazole rings is 1. The van der Waals surface area contributed by atoms with Gasteiger partial charge in [0.1, 0.15) is 18.1 Å². The highest BCUT2D eigenvalue weighted by atomic mass is 16.5. The molecule has 1 fully saturated rings. The topological polar surface area (TPSA) is 102 Å². The fraction of sp³-hybridized carbons (Fsp3) is 0.500. The van der Waals surface area contributed by atoms with Crippen LogP contribution in [0, 0.1) is 5.92 Å². The van der Waals surface area contributed by atoms with Crippen molar-refractivity contribution in [3.05, 3.63) is 70.2 Å². The molecule has 4 aromatic rings. The van der Waals surface area contributed by atoms with Crippen LogP contribution in [0.5, 0.6) is 5.75 Å². The lowest BCUT2D eigenvalue weighted by atomic mass is 9.90. The summed E-state index contributed by atoms with van der Waals surface area (Å²) in [6.45, 7) is 7.95. The minimum Gasteiger partial charge on any atom is -0.494 e. The number of nitrogens with zero attached hydrogens (tertiary/aromatic N) is 5. The highest BCUT2D eigenvalue weighted by Crippen LogP contribution is 2.35. The average molecular weight is 505 g/mol. The molecule has 3 heterocycles. The summed E-state index contributed by atoms with van der Waals surface area (Å²) in [6, 6.07) is 11.9. The van der Waals surface area contributed by atoms with E-state index in [0.29, 0.717) is 25.7 Å². The number of aromatic nitrogens is 5. The molecule has 196 valence electrons. The second-order valence-electron chi connectivity index (χ2n) is 10.2. The van der Waals surface area contributed by atoms with Gasteiger partial charge < -0.3 is 14.1 Å². The Kier molecular flexibility index (Phi) is 7.69. The van der Waals surface area contributed by atoms with E-state index in [1.165, 1.54) is 19.3 Å². The number of furan rings is 1. The molecule has 37 heavy (non-hydrogen) atoms. The molecule has 1 N–H and O–H groups in total. The van der Waals surface area contributed by atoms with Gasteiger partial charge in [0.15, 0.2) is 5.82 Å². The van der Waals surface area contributed by atoms with Crippen LogP contribution < -0.4 is 10.3 Å². The number of hydrogen-bond acceptors (Lipinski definition) is 7. The van der Waals surface area contributed by atoms with Gasteiger partial charge in [0.25, 0.3) is 5.56 Å². The van der Waals surface area contributed by atoms with E-state index in [4.69, 9.17) is 9.15 Å². The maximum absolute atomic E-state index is 13.2. The van der Waals surface area contributed by atoms with Crippen molar-refractivity contribution in [3.63, 3.8) is 0 Å². The van der Waals surface area contributed by atoms with Crippen LogP contribution in [0.15, 0.2) is 51.9 Å². The lowest BCUT2D eigenvalue weighted by molar-refractivity contribution is 0.0610. The Labute approximate surface area is 216 Å². The third-order valence-corrected chi connectivity index (χ3v) is 7.30. The molecule has 9 nitrogen and oxygen atoms in total. The van der Waals surface area contributed by atoms with Crippen molar-refractivity contribution in [2.75, 3.05) is 6.61 Å². The Morgan fingerprint density at radius 2 is 2.03 bits per heavy atom. The predicted molar refractivity (Wildman–Crippen MR) is 141 cm³/mol. The van der Waals surface area contributed by atoms with E-state index in [-0.39, 0.29) is 17.5 Å². The van der Waals surface area contributed by atoms with E-state index >= 15 is 0 Å². The first-order chi connectivity index (χ1) is 18.0. The second kappa shape index (κ2) is 11.3. The van der Waals surface area contributed by atoms with Crippen LogP contribution in [0.2, 0.25) is 0 Å². The molecule has 0 bridgehead atoms. The lowest BCUT2D eigenvalue weighted by Gasteiger charge is -2.41. The molecule has 0 radical (unpaired) electrons. The third-order valence-electron chi connectivity index (χ3n) is 7.30. The molecule has 1 aliphatic carbocycles. The molecule has 9 heteroatoms. The Balaban J connectivity index is 1.53. The number of hydrogen-bond donors (Lipinski definition) is 1. The Morgan fingerprint density at radius 1 is 1.19 bits per heavy atom. The largest absolute Gasteiger partial charge is 0.494 e. The van der Waals surface area contributed by atoms with Crippen molar-refractivity contribution >= 4 is 10.9 Å². The number of fused-ring (bicyclic) bond motifs is 1. The molecule has 0 aliphatic heterocycles. The first kappa shape index (κ1) is 25.2. The quantitative estimate of drug-likeness (QED) is 0.321. The predicted octanol–water partition coefficient (Wildman–Crippen LogP) is 5.09. The zero-order valence-corrected chi connectivity index (χ0v) is 21.9. The Bertz CT molecular complexity index is 1350. The number of rotatable bonds is 10. The van der Waals surface area contributed by atoms with Gasteiger partial charge in [-0.2, -0.15) is 0 Å². The van der Waals surface area contributed by atoms with Crippen LogP contribution in [0.3, 0.4) is 0 Å². The van der Waals surface area contributed by atoms with E-state index in [0.717, 1.165) is 46.6 Å². The smallest absolute Gasteiger partial charge is 0.252 e. The minimum absolute atomic E-state index is 0.0575. The summed E-state index contributed by atoms with van der Waals surface area (Å²) < 4.78 is 13.1. The lowest BCUT2D eigenvalue weighted by Crippen LogP contribution is -2.43. The molecule has 1 unspecified atom stereocenters. The van der Waals surface area contributed by atoms with E-state index in [1.54, 1.807) is 6.26 Å². The molecule has 3 aromatic heterocycles. The SMILES string of the molecule is CCOc1ccc2[nH]c(=O)c(CN(C3CCCCC3)C(c3nnnn3Cc3ccco3)C(C)C)cc2c1. The van der Waals surface area contributed by atoms with Crippen LogP contribution in [0.1, 0.15) is 76.1 Å². The Morgan fingerprint density at radius 3 is 2.76 bits per heavy atom. The van der Waals surface area contributed by atoms with Gasteiger partial charge in [0.05, 0.1) is 18.9 Å². The summed E-state index contributed by atoms with van der Waals surface area (Å²) in [5.74, 6) is 2.63. The number of pyridine rings is 1. The van der Waals surface area contributed by atoms with Crippen LogP contribution in [-0.4, -0.2) is 42.7 Å². The van der Waals surface area contributed by atoms with Crippen molar-refractivity contribution in [2.24, 2.45) is 5.92 Å². The molecule has 5 rings (SSSR count). The highest BCUT2D eigenvalue weighted by molar-refractivity contribution is 5.80. The van der Waals surface area contributed by atoms with Gasteiger partial charge >= 0.3 is 0 Å². The number of nitrogens with one attached hydrogen (secondary N) is 1. The van der Waals surface area contributed by atoms with Crippen molar-refractivity contribution < 1.29 is 9.15 Å². The van der Waals surface area contributed by atoms with Gasteiger partial charge in [-0.15, -0.1) is 5.10 Å². The molecule has 1 aromatic carbocycles. The first-order valence-corrected chi connectivity index (χ1v) is 13.4. The fourth-order valence-electron chi connectivity index (χ4n) is 5.58. The molecule has 1 saturated carbocycles. The minimum atomic E-state index is -0.0600. The van der Waals surface area contributed by atoms with E-state index < -0.39 is 0 Å². The summed E-state index contributed by atoms with van der Waals surface area (Å²) in [6.07, 6.45) is 7.50. The average Bonchev–Trinajstić information content (AvgIpc) is 3.57. The van der Waals surface area contributed by atoms with Gasteiger partial charge in [0, 0.05) is 29.1 Å². The molecule has 0 saturated heterocycles. The van der Waals surface area contributed by atoms with E-state index in [9.17, 15) is 4.79 Å². The molecule has 1 aliphatic rings. The molecular formula is C28H36N6O3. The van der Waals surface area contributed by atoms with Crippen molar-refractivity contribution in [2.45, 2.75) is 78.0 Å². The summed E-state index contributed by atoms with van der Waals surface area (Å²) in [4.78, 5) is 18.8. The van der Waals surface area contributed by atoms with Gasteiger partial charge in [-0.25, -0.2) is 4.68 Å². The van der Waals surface area contributed by atoms with Gasteiger partial charge in [-0.05, 0) is 72.5 Å². The number of aromatic amines is 1. The van der Waals surface area contributed by atoms with Crippen molar-refractivity contribution in [3.8, 4) is 5.75 Å². The standard InChI is InChI=1S/C28H36N6O3/c1-4-36-23-12-13-25-20(16-23)15-21(28(35)29-25)17-33(22-9-6-5-7-10-22)26(19(2)3)27-30-31-32-34(27)18-24-11-8-14-37-24/h8,11-16,19,22,26H,4-7,9-10,17-18H2,1-3H3,(H,29,35). The zero-order valence-electron chi connectivity index (χ0n) is 21.9. The van der Waals surface area contributed by atoms with Gasteiger partial charge in [-0.3, -0.25) is 9.69 Å². The van der Waals surface area contributed by atoms with Crippen LogP contribution in [0.25, 0.3) is 10.9 Å². The highest BCUT2D eigenvalue weighted by Gasteiger charge is 2.35. The van der Waals surface area contributed by atoms with E-state index in [2.05, 4.69) is 39.3 Å². The van der Waals surface area contributed by atoms with Crippen molar-refractivity contribution in [1.29, 1.82) is 0 Å². The molecule has 0 amide bonds. The maximum atomic E-state index is 13.2. The second-order valence-corrected chi connectivity index (χ2v) is 10.2. The Hall–Kier alpha value is -3.46. The first-order valence-electron chi connectivity index (χ1n) is 13.4. The number of ether oxygens (including phenoxy) is 1.